The molecule has 0 saturated carbocycles. The fourth-order valence-corrected chi connectivity index (χ4v) is 3.71. The molecule has 3 aromatic rings. The van der Waals surface area contributed by atoms with E-state index in [-0.39, 0.29) is 48.4 Å². The van der Waals surface area contributed by atoms with Crippen molar-refractivity contribution in [1.82, 2.24) is 15.1 Å². The number of ether oxygens (including phenoxy) is 3. The molecule has 0 radical (unpaired) electrons. The Bertz CT molecular complexity index is 1170. The molecule has 158 valence electrons. The molecular weight excluding hydrogens is 410 g/mol. The molecular formula is C21H16F2N4O4. The standard InChI is InChI=1S/C21H16F2N4O4/c22-17-12(3-1-4-14(17)24)9-27-20(28)31-19-13(21(27)10-29-11-21)6-7-15(18(19)23)30-16-5-2-8-25-26-16/h1-8H,9-11,24H2. The van der Waals surface area contributed by atoms with Gasteiger partial charge in [0.25, 0.3) is 0 Å². The van der Waals surface area contributed by atoms with E-state index in [1.165, 1.54) is 35.4 Å². The Balaban J connectivity index is 1.52. The molecule has 31 heavy (non-hydrogen) atoms. The van der Waals surface area contributed by atoms with Gasteiger partial charge in [0, 0.05) is 23.4 Å². The minimum atomic E-state index is -0.992. The van der Waals surface area contributed by atoms with Crippen LogP contribution in [0.1, 0.15) is 11.1 Å². The lowest BCUT2D eigenvalue weighted by Crippen LogP contribution is -2.63. The molecule has 8 nitrogen and oxygen atoms in total. The van der Waals surface area contributed by atoms with Crippen LogP contribution in [0, 0.1) is 11.6 Å². The lowest BCUT2D eigenvalue weighted by atomic mass is 9.84. The van der Waals surface area contributed by atoms with Crippen LogP contribution >= 0.6 is 0 Å². The quantitative estimate of drug-likeness (QED) is 0.639. The summed E-state index contributed by atoms with van der Waals surface area (Å²) in [6.07, 6.45) is 0.629. The van der Waals surface area contributed by atoms with E-state index in [9.17, 15) is 9.18 Å². The molecule has 10 heteroatoms. The number of carbonyl (C=O) groups is 1. The maximum Gasteiger partial charge on any atom is 0.416 e. The van der Waals surface area contributed by atoms with Gasteiger partial charge in [0.2, 0.25) is 11.7 Å². The first-order valence-electron chi connectivity index (χ1n) is 9.38. The van der Waals surface area contributed by atoms with Crippen LogP contribution in [0.5, 0.6) is 17.4 Å². The summed E-state index contributed by atoms with van der Waals surface area (Å²) >= 11 is 0. The number of nitrogens with zero attached hydrogens (tertiary/aromatic N) is 3. The summed E-state index contributed by atoms with van der Waals surface area (Å²) in [5.74, 6) is -1.80. The highest BCUT2D eigenvalue weighted by Crippen LogP contribution is 2.48. The highest BCUT2D eigenvalue weighted by atomic mass is 19.1. The minimum Gasteiger partial charge on any atom is -0.434 e. The molecule has 0 atom stereocenters. The van der Waals surface area contributed by atoms with Gasteiger partial charge >= 0.3 is 6.09 Å². The van der Waals surface area contributed by atoms with E-state index in [2.05, 4.69) is 10.2 Å². The minimum absolute atomic E-state index is 0.0287. The number of halogens is 2. The number of benzene rings is 2. The molecule has 1 saturated heterocycles. The van der Waals surface area contributed by atoms with Crippen LogP contribution in [-0.2, 0) is 16.8 Å². The summed E-state index contributed by atoms with van der Waals surface area (Å²) in [5, 5.41) is 7.42. The molecule has 2 aliphatic rings. The number of hydrogen-bond acceptors (Lipinski definition) is 7. The maximum atomic E-state index is 15.2. The van der Waals surface area contributed by atoms with Crippen molar-refractivity contribution in [2.45, 2.75) is 12.1 Å². The monoisotopic (exact) mass is 426 g/mol. The first-order chi connectivity index (χ1) is 15.0. The third-order valence-electron chi connectivity index (χ3n) is 5.37. The smallest absolute Gasteiger partial charge is 0.416 e. The van der Waals surface area contributed by atoms with Crippen LogP contribution in [0.25, 0.3) is 0 Å². The molecule has 1 amide bonds. The van der Waals surface area contributed by atoms with Crippen LogP contribution in [0.4, 0.5) is 19.3 Å². The van der Waals surface area contributed by atoms with Crippen molar-refractivity contribution in [3.05, 3.63) is 71.4 Å². The number of nitrogen functional groups attached to an aromatic ring is 1. The topological polar surface area (TPSA) is 99.8 Å². The molecule has 0 aliphatic carbocycles. The summed E-state index contributed by atoms with van der Waals surface area (Å²) in [6, 6.07) is 10.7. The van der Waals surface area contributed by atoms with Gasteiger partial charge in [-0.3, -0.25) is 4.90 Å². The molecule has 1 spiro atoms. The zero-order valence-electron chi connectivity index (χ0n) is 16.0. The van der Waals surface area contributed by atoms with E-state index in [1.807, 2.05) is 0 Å². The van der Waals surface area contributed by atoms with E-state index in [0.717, 1.165) is 0 Å². The Morgan fingerprint density at radius 1 is 1.13 bits per heavy atom. The Kier molecular flexibility index (Phi) is 4.44. The van der Waals surface area contributed by atoms with Crippen LogP contribution < -0.4 is 15.2 Å². The summed E-state index contributed by atoms with van der Waals surface area (Å²) in [7, 11) is 0. The Morgan fingerprint density at radius 2 is 1.97 bits per heavy atom. The maximum absolute atomic E-state index is 15.2. The Morgan fingerprint density at radius 3 is 2.68 bits per heavy atom. The lowest BCUT2D eigenvalue weighted by Gasteiger charge is -2.51. The fourth-order valence-electron chi connectivity index (χ4n) is 3.71. The molecule has 5 rings (SSSR count). The first kappa shape index (κ1) is 19.2. The summed E-state index contributed by atoms with van der Waals surface area (Å²) < 4.78 is 45.8. The van der Waals surface area contributed by atoms with Gasteiger partial charge in [-0.25, -0.2) is 9.18 Å². The van der Waals surface area contributed by atoms with Gasteiger partial charge in [-0.2, -0.15) is 9.49 Å². The third-order valence-corrected chi connectivity index (χ3v) is 5.37. The van der Waals surface area contributed by atoms with Crippen LogP contribution in [0.15, 0.2) is 48.7 Å². The lowest BCUT2D eigenvalue weighted by molar-refractivity contribution is -0.143. The molecule has 1 fully saturated rings. The normalized spacial score (nSPS) is 16.5. The van der Waals surface area contributed by atoms with E-state index in [1.54, 1.807) is 18.2 Å². The number of aromatic nitrogens is 2. The average molecular weight is 426 g/mol. The van der Waals surface area contributed by atoms with Crippen molar-refractivity contribution in [1.29, 1.82) is 0 Å². The number of carbonyl (C=O) groups excluding carboxylic acids is 1. The van der Waals surface area contributed by atoms with Gasteiger partial charge in [-0.05, 0) is 24.3 Å². The fraction of sp³-hybridized carbons (Fsp3) is 0.190. The predicted molar refractivity (Wildman–Crippen MR) is 103 cm³/mol. The predicted octanol–water partition coefficient (Wildman–Crippen LogP) is 3.37. The highest BCUT2D eigenvalue weighted by molar-refractivity contribution is 5.77. The zero-order chi connectivity index (χ0) is 21.6. The molecule has 0 unspecified atom stereocenters. The zero-order valence-corrected chi connectivity index (χ0v) is 16.0. The van der Waals surface area contributed by atoms with Crippen LogP contribution in [0.3, 0.4) is 0 Å². The van der Waals surface area contributed by atoms with Gasteiger partial charge in [0.1, 0.15) is 5.54 Å². The van der Waals surface area contributed by atoms with Gasteiger partial charge in [-0.15, -0.1) is 5.10 Å². The van der Waals surface area contributed by atoms with Gasteiger partial charge in [0.15, 0.2) is 17.3 Å². The Hall–Kier alpha value is -3.79. The second-order valence-corrected chi connectivity index (χ2v) is 7.22. The van der Waals surface area contributed by atoms with Crippen molar-refractivity contribution < 1.29 is 27.8 Å². The first-order valence-corrected chi connectivity index (χ1v) is 9.38. The summed E-state index contributed by atoms with van der Waals surface area (Å²) in [4.78, 5) is 14.2. The second kappa shape index (κ2) is 7.17. The average Bonchev–Trinajstić information content (AvgIpc) is 2.74. The molecule has 3 heterocycles. The SMILES string of the molecule is Nc1cccc(CN2C(=O)Oc3c(ccc(Oc4cccnn4)c3F)C23COC3)c1F. The van der Waals surface area contributed by atoms with Gasteiger partial charge < -0.3 is 19.9 Å². The molecule has 1 aromatic heterocycles. The van der Waals surface area contributed by atoms with E-state index >= 15 is 4.39 Å². The van der Waals surface area contributed by atoms with Crippen LogP contribution in [0.2, 0.25) is 0 Å². The number of amides is 1. The van der Waals surface area contributed by atoms with E-state index < -0.39 is 23.3 Å². The number of rotatable bonds is 4. The van der Waals surface area contributed by atoms with Crippen molar-refractivity contribution in [3.63, 3.8) is 0 Å². The van der Waals surface area contributed by atoms with Crippen molar-refractivity contribution in [2.24, 2.45) is 0 Å². The molecule has 2 N–H and O–H groups in total. The summed E-state index contributed by atoms with van der Waals surface area (Å²) in [6.45, 7) is 0.115. The van der Waals surface area contributed by atoms with Crippen molar-refractivity contribution in [2.75, 3.05) is 18.9 Å². The number of anilines is 1. The summed E-state index contributed by atoms with van der Waals surface area (Å²) in [5.41, 5.74) is 5.25. The van der Waals surface area contributed by atoms with Gasteiger partial charge in [-0.1, -0.05) is 12.1 Å². The molecule has 0 bridgehead atoms. The Labute approximate surface area is 175 Å². The number of hydrogen-bond donors (Lipinski definition) is 1. The number of nitrogens with two attached hydrogens (primary N) is 1. The molecule has 2 aromatic carbocycles. The number of fused-ring (bicyclic) bond motifs is 2. The third kappa shape index (κ3) is 3.03. The van der Waals surface area contributed by atoms with E-state index in [4.69, 9.17) is 19.9 Å². The highest BCUT2D eigenvalue weighted by Gasteiger charge is 2.54. The van der Waals surface area contributed by atoms with Crippen molar-refractivity contribution in [3.8, 4) is 17.4 Å². The van der Waals surface area contributed by atoms with Crippen molar-refractivity contribution >= 4 is 11.8 Å². The second-order valence-electron chi connectivity index (χ2n) is 7.22. The van der Waals surface area contributed by atoms with Crippen LogP contribution in [-0.4, -0.2) is 34.4 Å². The largest absolute Gasteiger partial charge is 0.434 e. The van der Waals surface area contributed by atoms with Gasteiger partial charge in [0.05, 0.1) is 25.4 Å². The van der Waals surface area contributed by atoms with E-state index in [0.29, 0.717) is 5.56 Å². The molecule has 2 aliphatic heterocycles.